The van der Waals surface area contributed by atoms with Crippen LogP contribution in [0.2, 0.25) is 0 Å². The Morgan fingerprint density at radius 3 is 2.43 bits per heavy atom. The number of nitrogens with one attached hydrogen (secondary N) is 3. The Balaban J connectivity index is 2.14. The number of amides is 2. The Kier molecular flexibility index (Phi) is 4.18. The quantitative estimate of drug-likeness (QED) is 0.804. The van der Waals surface area contributed by atoms with Crippen LogP contribution in [0.15, 0.2) is 41.3 Å². The first kappa shape index (κ1) is 14.5. The summed E-state index contributed by atoms with van der Waals surface area (Å²) in [7, 11) is 0. The van der Waals surface area contributed by atoms with Gasteiger partial charge in [-0.15, -0.1) is 0 Å². The third kappa shape index (κ3) is 3.79. The Hall–Kier alpha value is -2.89. The average Bonchev–Trinajstić information content (AvgIpc) is 2.42. The van der Waals surface area contributed by atoms with Crippen LogP contribution in [0.25, 0.3) is 0 Å². The van der Waals surface area contributed by atoms with E-state index in [-0.39, 0.29) is 17.4 Å². The van der Waals surface area contributed by atoms with Crippen LogP contribution < -0.4 is 16.2 Å². The zero-order chi connectivity index (χ0) is 15.4. The highest BCUT2D eigenvalue weighted by Crippen LogP contribution is 2.20. The van der Waals surface area contributed by atoms with Crippen LogP contribution in [-0.4, -0.2) is 16.8 Å². The molecule has 2 rings (SSSR count). The average molecular weight is 285 g/mol. The number of hydrogen-bond acceptors (Lipinski definition) is 3. The van der Waals surface area contributed by atoms with Gasteiger partial charge in [0.2, 0.25) is 11.5 Å². The predicted octanol–water partition coefficient (Wildman–Crippen LogP) is 1.89. The van der Waals surface area contributed by atoms with Gasteiger partial charge in [-0.2, -0.15) is 0 Å². The topological polar surface area (TPSA) is 91.1 Å². The summed E-state index contributed by atoms with van der Waals surface area (Å²) in [6, 6.07) is 7.92. The molecule has 0 bridgehead atoms. The number of anilines is 2. The molecule has 3 N–H and O–H groups in total. The summed E-state index contributed by atoms with van der Waals surface area (Å²) in [5.74, 6) is -0.471. The van der Waals surface area contributed by atoms with Gasteiger partial charge < -0.3 is 15.6 Å². The molecule has 21 heavy (non-hydrogen) atoms. The van der Waals surface area contributed by atoms with Gasteiger partial charge in [0, 0.05) is 30.6 Å². The number of benzene rings is 1. The van der Waals surface area contributed by atoms with Crippen molar-refractivity contribution in [3.05, 3.63) is 58.0 Å². The standard InChI is InChI=1S/C15H15N3O3/c1-9-7-12(4-5-13(9)17-10(2)19)18-15(21)11-3-6-14(20)16-8-11/h3-8H,1-2H3,(H,16,20)(H,17,19)(H,18,21). The highest BCUT2D eigenvalue weighted by molar-refractivity contribution is 6.04. The smallest absolute Gasteiger partial charge is 0.257 e. The number of hydrogen-bond donors (Lipinski definition) is 3. The van der Waals surface area contributed by atoms with Gasteiger partial charge in [0.1, 0.15) is 0 Å². The zero-order valence-corrected chi connectivity index (χ0v) is 11.7. The molecule has 1 aromatic carbocycles. The lowest BCUT2D eigenvalue weighted by Gasteiger charge is -2.10. The Bertz CT molecular complexity index is 730. The van der Waals surface area contributed by atoms with E-state index in [0.717, 1.165) is 5.56 Å². The van der Waals surface area contributed by atoms with Crippen LogP contribution in [0, 0.1) is 6.92 Å². The van der Waals surface area contributed by atoms with Crippen molar-refractivity contribution in [2.24, 2.45) is 0 Å². The van der Waals surface area contributed by atoms with Crippen LogP contribution in [0.3, 0.4) is 0 Å². The largest absolute Gasteiger partial charge is 0.328 e. The number of aryl methyl sites for hydroxylation is 1. The van der Waals surface area contributed by atoms with Gasteiger partial charge in [-0.1, -0.05) is 0 Å². The van der Waals surface area contributed by atoms with Crippen molar-refractivity contribution in [2.75, 3.05) is 10.6 Å². The van der Waals surface area contributed by atoms with Crippen molar-refractivity contribution >= 4 is 23.2 Å². The van der Waals surface area contributed by atoms with E-state index in [1.807, 2.05) is 6.92 Å². The summed E-state index contributed by atoms with van der Waals surface area (Å²) >= 11 is 0. The van der Waals surface area contributed by atoms with Gasteiger partial charge in [0.15, 0.2) is 0 Å². The van der Waals surface area contributed by atoms with E-state index < -0.39 is 0 Å². The number of pyridine rings is 1. The number of aromatic amines is 1. The molecule has 6 heteroatoms. The molecule has 0 saturated heterocycles. The number of carbonyl (C=O) groups excluding carboxylic acids is 2. The van der Waals surface area contributed by atoms with E-state index in [1.54, 1.807) is 18.2 Å². The summed E-state index contributed by atoms with van der Waals surface area (Å²) in [4.78, 5) is 36.4. The minimum atomic E-state index is -0.321. The SMILES string of the molecule is CC(=O)Nc1ccc(NC(=O)c2ccc(=O)[nH]c2)cc1C. The summed E-state index contributed by atoms with van der Waals surface area (Å²) in [6.07, 6.45) is 1.36. The number of carbonyl (C=O) groups is 2. The van der Waals surface area contributed by atoms with E-state index in [2.05, 4.69) is 15.6 Å². The summed E-state index contributed by atoms with van der Waals surface area (Å²) in [5, 5.41) is 5.43. The van der Waals surface area contributed by atoms with Gasteiger partial charge in [-0.05, 0) is 36.8 Å². The first-order valence-corrected chi connectivity index (χ1v) is 6.34. The van der Waals surface area contributed by atoms with Crippen LogP contribution in [0.5, 0.6) is 0 Å². The van der Waals surface area contributed by atoms with Crippen molar-refractivity contribution in [3.8, 4) is 0 Å². The lowest BCUT2D eigenvalue weighted by atomic mass is 10.1. The highest BCUT2D eigenvalue weighted by Gasteiger charge is 2.07. The van der Waals surface area contributed by atoms with Gasteiger partial charge >= 0.3 is 0 Å². The molecule has 2 amide bonds. The summed E-state index contributed by atoms with van der Waals surface area (Å²) < 4.78 is 0. The molecule has 6 nitrogen and oxygen atoms in total. The molecule has 108 valence electrons. The highest BCUT2D eigenvalue weighted by atomic mass is 16.2. The monoisotopic (exact) mass is 285 g/mol. The molecule has 0 saturated carbocycles. The van der Waals surface area contributed by atoms with E-state index in [4.69, 9.17) is 0 Å². The maximum atomic E-state index is 12.0. The fourth-order valence-corrected chi connectivity index (χ4v) is 1.83. The molecular formula is C15H15N3O3. The Labute approximate surface area is 121 Å². The number of H-pyrrole nitrogens is 1. The lowest BCUT2D eigenvalue weighted by molar-refractivity contribution is -0.114. The normalized spacial score (nSPS) is 10.0. The van der Waals surface area contributed by atoms with Crippen molar-refractivity contribution in [1.29, 1.82) is 0 Å². The first-order chi connectivity index (χ1) is 9.95. The molecule has 1 aromatic heterocycles. The Morgan fingerprint density at radius 2 is 1.86 bits per heavy atom. The molecule has 0 atom stereocenters. The van der Waals surface area contributed by atoms with E-state index in [9.17, 15) is 14.4 Å². The molecule has 0 radical (unpaired) electrons. The molecular weight excluding hydrogens is 270 g/mol. The molecule has 0 unspecified atom stereocenters. The van der Waals surface area contributed by atoms with Gasteiger partial charge in [-0.25, -0.2) is 0 Å². The minimum absolute atomic E-state index is 0.150. The number of aromatic nitrogens is 1. The molecule has 1 heterocycles. The van der Waals surface area contributed by atoms with Crippen molar-refractivity contribution in [3.63, 3.8) is 0 Å². The summed E-state index contributed by atoms with van der Waals surface area (Å²) in [5.41, 5.74) is 2.24. The van der Waals surface area contributed by atoms with Gasteiger partial charge in [0.05, 0.1) is 5.56 Å². The van der Waals surface area contributed by atoms with E-state index >= 15 is 0 Å². The first-order valence-electron chi connectivity index (χ1n) is 6.34. The van der Waals surface area contributed by atoms with Crippen molar-refractivity contribution < 1.29 is 9.59 Å². The fraction of sp³-hybridized carbons (Fsp3) is 0.133. The van der Waals surface area contributed by atoms with Crippen molar-refractivity contribution in [2.45, 2.75) is 13.8 Å². The molecule has 0 fully saturated rings. The van der Waals surface area contributed by atoms with Crippen LogP contribution in [0.4, 0.5) is 11.4 Å². The lowest BCUT2D eigenvalue weighted by Crippen LogP contribution is -2.15. The molecule has 0 spiro atoms. The van der Waals surface area contributed by atoms with Crippen LogP contribution in [0.1, 0.15) is 22.8 Å². The Morgan fingerprint density at radius 1 is 1.10 bits per heavy atom. The van der Waals surface area contributed by atoms with E-state index in [0.29, 0.717) is 16.9 Å². The number of rotatable bonds is 3. The fourth-order valence-electron chi connectivity index (χ4n) is 1.83. The molecule has 0 aliphatic rings. The van der Waals surface area contributed by atoms with Crippen molar-refractivity contribution in [1.82, 2.24) is 4.98 Å². The van der Waals surface area contributed by atoms with Gasteiger partial charge in [-0.3, -0.25) is 14.4 Å². The predicted molar refractivity (Wildman–Crippen MR) is 80.5 cm³/mol. The third-order valence-corrected chi connectivity index (χ3v) is 2.84. The maximum absolute atomic E-state index is 12.0. The molecule has 0 aliphatic carbocycles. The second-order valence-electron chi connectivity index (χ2n) is 4.61. The second kappa shape index (κ2) is 6.04. The third-order valence-electron chi connectivity index (χ3n) is 2.84. The maximum Gasteiger partial charge on any atom is 0.257 e. The van der Waals surface area contributed by atoms with E-state index in [1.165, 1.54) is 25.3 Å². The second-order valence-corrected chi connectivity index (χ2v) is 4.61. The minimum Gasteiger partial charge on any atom is -0.328 e. The van der Waals surface area contributed by atoms with Crippen LogP contribution >= 0.6 is 0 Å². The molecule has 2 aromatic rings. The zero-order valence-electron chi connectivity index (χ0n) is 11.7. The van der Waals surface area contributed by atoms with Crippen LogP contribution in [-0.2, 0) is 4.79 Å². The molecule has 0 aliphatic heterocycles. The van der Waals surface area contributed by atoms with Gasteiger partial charge in [0.25, 0.3) is 5.91 Å². The summed E-state index contributed by atoms with van der Waals surface area (Å²) in [6.45, 7) is 3.27.